The Hall–Kier alpha value is -2.91. The van der Waals surface area contributed by atoms with Gasteiger partial charge in [0.05, 0.1) is 20.4 Å². The molecule has 0 spiro atoms. The first-order chi connectivity index (χ1) is 12.7. The molecular formula is C17H24N4O6. The zero-order chi connectivity index (χ0) is 20.2. The second-order valence-electron chi connectivity index (χ2n) is 6.86. The molecule has 0 unspecified atom stereocenters. The smallest absolute Gasteiger partial charge is 0.410 e. The third-order valence-corrected chi connectivity index (χ3v) is 3.77. The number of esters is 2. The van der Waals surface area contributed by atoms with Crippen molar-refractivity contribution >= 4 is 23.8 Å². The number of amides is 1. The van der Waals surface area contributed by atoms with Crippen LogP contribution in [0.4, 0.5) is 10.6 Å². The molecule has 0 saturated carbocycles. The van der Waals surface area contributed by atoms with Crippen LogP contribution in [0.3, 0.4) is 0 Å². The lowest BCUT2D eigenvalue weighted by Crippen LogP contribution is -2.50. The molecule has 1 saturated heterocycles. The van der Waals surface area contributed by atoms with E-state index in [2.05, 4.69) is 19.4 Å². The predicted octanol–water partition coefficient (Wildman–Crippen LogP) is 1.11. The average molecular weight is 380 g/mol. The van der Waals surface area contributed by atoms with Gasteiger partial charge in [-0.3, -0.25) is 0 Å². The van der Waals surface area contributed by atoms with E-state index in [1.165, 1.54) is 20.4 Å². The Balaban J connectivity index is 2.13. The standard InChI is InChI=1S/C17H24N4O6/c1-17(2,3)27-16(24)21-8-6-20(7-9-21)11-10-18-12(14(22)25-4)13(19-11)15(23)26-5/h10H,6-9H2,1-5H3. The molecule has 27 heavy (non-hydrogen) atoms. The maximum Gasteiger partial charge on any atom is 0.410 e. The van der Waals surface area contributed by atoms with E-state index in [-0.39, 0.29) is 17.5 Å². The molecule has 1 aliphatic heterocycles. The van der Waals surface area contributed by atoms with Crippen LogP contribution in [0.15, 0.2) is 6.20 Å². The van der Waals surface area contributed by atoms with Crippen LogP contribution in [0.2, 0.25) is 0 Å². The molecule has 0 bridgehead atoms. The number of carbonyl (C=O) groups is 3. The number of piperazine rings is 1. The zero-order valence-electron chi connectivity index (χ0n) is 16.1. The molecule has 1 amide bonds. The molecule has 1 aromatic rings. The number of hydrogen-bond donors (Lipinski definition) is 0. The third kappa shape index (κ3) is 5.05. The number of methoxy groups -OCH3 is 2. The fraction of sp³-hybridized carbons (Fsp3) is 0.588. The Bertz CT molecular complexity index is 723. The van der Waals surface area contributed by atoms with Crippen LogP contribution < -0.4 is 4.90 Å². The minimum Gasteiger partial charge on any atom is -0.464 e. The molecule has 2 rings (SSSR count). The average Bonchev–Trinajstić information content (AvgIpc) is 2.65. The first-order valence-electron chi connectivity index (χ1n) is 8.43. The number of rotatable bonds is 3. The first kappa shape index (κ1) is 20.4. The van der Waals surface area contributed by atoms with Gasteiger partial charge in [-0.2, -0.15) is 0 Å². The van der Waals surface area contributed by atoms with Gasteiger partial charge in [0.1, 0.15) is 11.4 Å². The van der Waals surface area contributed by atoms with Gasteiger partial charge < -0.3 is 24.0 Å². The topological polar surface area (TPSA) is 111 Å². The van der Waals surface area contributed by atoms with E-state index in [9.17, 15) is 14.4 Å². The Morgan fingerprint density at radius 1 is 0.963 bits per heavy atom. The summed E-state index contributed by atoms with van der Waals surface area (Å²) < 4.78 is 14.7. The monoisotopic (exact) mass is 380 g/mol. The summed E-state index contributed by atoms with van der Waals surface area (Å²) in [5, 5.41) is 0. The SMILES string of the molecule is COC(=O)c1ncc(N2CCN(C(=O)OC(C)(C)C)CC2)nc1C(=O)OC. The second-order valence-corrected chi connectivity index (χ2v) is 6.86. The van der Waals surface area contributed by atoms with Crippen molar-refractivity contribution in [2.75, 3.05) is 45.3 Å². The van der Waals surface area contributed by atoms with Gasteiger partial charge in [-0.05, 0) is 20.8 Å². The molecule has 148 valence electrons. The number of carbonyl (C=O) groups excluding carboxylic acids is 3. The molecule has 1 aromatic heterocycles. The third-order valence-electron chi connectivity index (χ3n) is 3.77. The Kier molecular flexibility index (Phi) is 6.19. The van der Waals surface area contributed by atoms with Crippen molar-refractivity contribution in [2.45, 2.75) is 26.4 Å². The summed E-state index contributed by atoms with van der Waals surface area (Å²) in [4.78, 5) is 47.6. The highest BCUT2D eigenvalue weighted by Gasteiger charge is 2.28. The molecular weight excluding hydrogens is 356 g/mol. The van der Waals surface area contributed by atoms with Crippen LogP contribution in [0.5, 0.6) is 0 Å². The minimum atomic E-state index is -0.780. The zero-order valence-corrected chi connectivity index (χ0v) is 16.1. The van der Waals surface area contributed by atoms with Gasteiger partial charge in [0.25, 0.3) is 0 Å². The highest BCUT2D eigenvalue weighted by atomic mass is 16.6. The number of hydrogen-bond acceptors (Lipinski definition) is 9. The van der Waals surface area contributed by atoms with Crippen LogP contribution in [-0.4, -0.2) is 78.9 Å². The van der Waals surface area contributed by atoms with E-state index >= 15 is 0 Å². The highest BCUT2D eigenvalue weighted by Crippen LogP contribution is 2.18. The van der Waals surface area contributed by atoms with Crippen molar-refractivity contribution in [2.24, 2.45) is 0 Å². The molecule has 0 aromatic carbocycles. The van der Waals surface area contributed by atoms with E-state index in [1.54, 1.807) is 4.90 Å². The van der Waals surface area contributed by atoms with Crippen LogP contribution in [0.1, 0.15) is 41.7 Å². The lowest BCUT2D eigenvalue weighted by atomic mass is 10.2. The largest absolute Gasteiger partial charge is 0.464 e. The summed E-state index contributed by atoms with van der Waals surface area (Å²) >= 11 is 0. The Morgan fingerprint density at radius 3 is 2.04 bits per heavy atom. The van der Waals surface area contributed by atoms with E-state index in [4.69, 9.17) is 4.74 Å². The van der Waals surface area contributed by atoms with Crippen LogP contribution in [0, 0.1) is 0 Å². The van der Waals surface area contributed by atoms with Crippen LogP contribution in [0.25, 0.3) is 0 Å². The second kappa shape index (κ2) is 8.19. The van der Waals surface area contributed by atoms with Gasteiger partial charge in [-0.25, -0.2) is 24.4 Å². The van der Waals surface area contributed by atoms with Crippen molar-refractivity contribution in [3.63, 3.8) is 0 Å². The molecule has 0 N–H and O–H groups in total. The molecule has 1 aliphatic rings. The molecule has 10 nitrogen and oxygen atoms in total. The Labute approximate surface area is 157 Å². The van der Waals surface area contributed by atoms with Crippen molar-refractivity contribution < 1.29 is 28.6 Å². The lowest BCUT2D eigenvalue weighted by molar-refractivity contribution is 0.0240. The molecule has 2 heterocycles. The summed E-state index contributed by atoms with van der Waals surface area (Å²) in [5.74, 6) is -1.15. The fourth-order valence-corrected chi connectivity index (χ4v) is 2.46. The highest BCUT2D eigenvalue weighted by molar-refractivity contribution is 6.00. The van der Waals surface area contributed by atoms with Gasteiger partial charge in [-0.1, -0.05) is 0 Å². The number of aromatic nitrogens is 2. The summed E-state index contributed by atoms with van der Waals surface area (Å²) in [6.45, 7) is 7.26. The first-order valence-corrected chi connectivity index (χ1v) is 8.43. The summed E-state index contributed by atoms with van der Waals surface area (Å²) in [7, 11) is 2.38. The molecule has 10 heteroatoms. The number of nitrogens with zero attached hydrogens (tertiary/aromatic N) is 4. The quantitative estimate of drug-likeness (QED) is 0.562. The Morgan fingerprint density at radius 2 is 1.52 bits per heavy atom. The summed E-state index contributed by atoms with van der Waals surface area (Å²) in [5.41, 5.74) is -0.976. The number of anilines is 1. The maximum absolute atomic E-state index is 12.1. The number of ether oxygens (including phenoxy) is 3. The van der Waals surface area contributed by atoms with Crippen molar-refractivity contribution in [3.05, 3.63) is 17.6 Å². The van der Waals surface area contributed by atoms with E-state index < -0.39 is 17.5 Å². The van der Waals surface area contributed by atoms with E-state index in [0.29, 0.717) is 32.0 Å². The van der Waals surface area contributed by atoms with Crippen molar-refractivity contribution in [1.82, 2.24) is 14.9 Å². The van der Waals surface area contributed by atoms with E-state index in [0.717, 1.165) is 0 Å². The van der Waals surface area contributed by atoms with Gasteiger partial charge in [0.15, 0.2) is 11.4 Å². The fourth-order valence-electron chi connectivity index (χ4n) is 2.46. The van der Waals surface area contributed by atoms with Crippen molar-refractivity contribution in [1.29, 1.82) is 0 Å². The molecule has 1 fully saturated rings. The van der Waals surface area contributed by atoms with Crippen molar-refractivity contribution in [3.8, 4) is 0 Å². The maximum atomic E-state index is 12.1. The van der Waals surface area contributed by atoms with Crippen LogP contribution in [-0.2, 0) is 14.2 Å². The minimum absolute atomic E-state index is 0.208. The normalized spacial score (nSPS) is 14.6. The van der Waals surface area contributed by atoms with Gasteiger partial charge in [-0.15, -0.1) is 0 Å². The summed E-state index contributed by atoms with van der Waals surface area (Å²) in [6.07, 6.45) is 1.02. The van der Waals surface area contributed by atoms with Gasteiger partial charge in [0, 0.05) is 26.2 Å². The molecule has 0 atom stereocenters. The summed E-state index contributed by atoms with van der Waals surface area (Å²) in [6, 6.07) is 0. The van der Waals surface area contributed by atoms with Gasteiger partial charge in [0.2, 0.25) is 0 Å². The van der Waals surface area contributed by atoms with Gasteiger partial charge >= 0.3 is 18.0 Å². The molecule has 0 aliphatic carbocycles. The van der Waals surface area contributed by atoms with E-state index in [1.807, 2.05) is 25.7 Å². The predicted molar refractivity (Wildman–Crippen MR) is 94.7 cm³/mol. The van der Waals surface area contributed by atoms with Crippen LogP contribution >= 0.6 is 0 Å². The molecule has 0 radical (unpaired) electrons. The lowest BCUT2D eigenvalue weighted by Gasteiger charge is -2.36.